The molecule has 0 atom stereocenters. The number of rotatable bonds is 5. The standard InChI is InChI=1S/C20H21N3O3S/c1-20(2,25)16-11-22-19(27-16)23-18(24)13-9-14(10-13)26-15-7-3-5-12-6-4-8-21-17(12)15/h3-8,11,13-14,25H,9-10H2,1-2H3,(H,22,23,24)/t13-,14-. The minimum Gasteiger partial charge on any atom is -0.488 e. The summed E-state index contributed by atoms with van der Waals surface area (Å²) in [6, 6.07) is 9.77. The van der Waals surface area contributed by atoms with Gasteiger partial charge in [-0.05, 0) is 38.8 Å². The molecule has 0 spiro atoms. The topological polar surface area (TPSA) is 84.3 Å². The first-order valence-electron chi connectivity index (χ1n) is 8.90. The second-order valence-electron chi connectivity index (χ2n) is 7.32. The SMILES string of the molecule is CC(C)(O)c1cnc(NC(=O)[C@H]2C[C@H](Oc3cccc4cccnc34)C2)s1. The second kappa shape index (κ2) is 6.90. The number of carbonyl (C=O) groups excluding carboxylic acids is 1. The van der Waals surface area contributed by atoms with Crippen molar-refractivity contribution < 1.29 is 14.6 Å². The number of para-hydroxylation sites is 1. The Hall–Kier alpha value is -2.51. The number of benzene rings is 1. The zero-order valence-corrected chi connectivity index (χ0v) is 16.0. The number of ether oxygens (including phenoxy) is 1. The van der Waals surface area contributed by atoms with Gasteiger partial charge in [0.1, 0.15) is 17.4 Å². The molecule has 0 aliphatic heterocycles. The van der Waals surface area contributed by atoms with Gasteiger partial charge in [0.2, 0.25) is 5.91 Å². The molecule has 1 aliphatic carbocycles. The predicted octanol–water partition coefficient (Wildman–Crippen LogP) is 3.71. The molecule has 0 saturated heterocycles. The molecular weight excluding hydrogens is 362 g/mol. The average molecular weight is 383 g/mol. The summed E-state index contributed by atoms with van der Waals surface area (Å²) in [4.78, 5) is 21.7. The number of aromatic nitrogens is 2. The van der Waals surface area contributed by atoms with E-state index in [2.05, 4.69) is 15.3 Å². The second-order valence-corrected chi connectivity index (χ2v) is 8.35. The number of anilines is 1. The molecule has 1 aromatic carbocycles. The van der Waals surface area contributed by atoms with Crippen LogP contribution >= 0.6 is 11.3 Å². The van der Waals surface area contributed by atoms with Crippen LogP contribution in [0.5, 0.6) is 5.75 Å². The van der Waals surface area contributed by atoms with E-state index < -0.39 is 5.60 Å². The van der Waals surface area contributed by atoms with Crippen molar-refractivity contribution in [3.8, 4) is 5.75 Å². The van der Waals surface area contributed by atoms with Gasteiger partial charge in [-0.1, -0.05) is 29.5 Å². The number of aliphatic hydroxyl groups is 1. The molecule has 27 heavy (non-hydrogen) atoms. The van der Waals surface area contributed by atoms with E-state index in [9.17, 15) is 9.90 Å². The Morgan fingerprint density at radius 3 is 2.78 bits per heavy atom. The summed E-state index contributed by atoms with van der Waals surface area (Å²) >= 11 is 1.29. The van der Waals surface area contributed by atoms with Crippen LogP contribution in [0.3, 0.4) is 0 Å². The molecule has 1 fully saturated rings. The Balaban J connectivity index is 1.34. The molecule has 0 unspecified atom stereocenters. The number of nitrogens with zero attached hydrogens (tertiary/aromatic N) is 2. The molecule has 140 valence electrons. The van der Waals surface area contributed by atoms with Crippen LogP contribution in [0.2, 0.25) is 0 Å². The summed E-state index contributed by atoms with van der Waals surface area (Å²) in [5, 5.41) is 14.4. The van der Waals surface area contributed by atoms with Gasteiger partial charge >= 0.3 is 0 Å². The fourth-order valence-electron chi connectivity index (χ4n) is 3.05. The third-order valence-corrected chi connectivity index (χ3v) is 5.92. The Morgan fingerprint density at radius 2 is 2.04 bits per heavy atom. The van der Waals surface area contributed by atoms with Crippen LogP contribution in [0.15, 0.2) is 42.7 Å². The lowest BCUT2D eigenvalue weighted by atomic mass is 9.81. The third kappa shape index (κ3) is 3.79. The lowest BCUT2D eigenvalue weighted by Crippen LogP contribution is -2.40. The molecule has 1 aliphatic rings. The van der Waals surface area contributed by atoms with Crippen molar-refractivity contribution in [3.63, 3.8) is 0 Å². The van der Waals surface area contributed by atoms with Crippen molar-refractivity contribution in [3.05, 3.63) is 47.6 Å². The van der Waals surface area contributed by atoms with Crippen LogP contribution in [0.1, 0.15) is 31.6 Å². The normalized spacial score (nSPS) is 19.5. The van der Waals surface area contributed by atoms with Crippen molar-refractivity contribution in [1.29, 1.82) is 0 Å². The highest BCUT2D eigenvalue weighted by Crippen LogP contribution is 2.35. The lowest BCUT2D eigenvalue weighted by Gasteiger charge is -2.34. The van der Waals surface area contributed by atoms with E-state index in [1.807, 2.05) is 30.3 Å². The number of fused-ring (bicyclic) bond motifs is 1. The molecule has 1 amide bonds. The van der Waals surface area contributed by atoms with Gasteiger partial charge in [0, 0.05) is 23.7 Å². The molecule has 0 bridgehead atoms. The summed E-state index contributed by atoms with van der Waals surface area (Å²) in [6.07, 6.45) is 4.69. The van der Waals surface area contributed by atoms with Gasteiger partial charge in [-0.15, -0.1) is 0 Å². The van der Waals surface area contributed by atoms with Gasteiger partial charge in [-0.25, -0.2) is 4.98 Å². The first-order chi connectivity index (χ1) is 12.9. The molecule has 7 heteroatoms. The average Bonchev–Trinajstić information content (AvgIpc) is 3.06. The fraction of sp³-hybridized carbons (Fsp3) is 0.350. The molecule has 2 aromatic heterocycles. The van der Waals surface area contributed by atoms with Gasteiger partial charge in [0.05, 0.1) is 10.5 Å². The largest absolute Gasteiger partial charge is 0.488 e. The van der Waals surface area contributed by atoms with Crippen molar-refractivity contribution in [2.45, 2.75) is 38.4 Å². The van der Waals surface area contributed by atoms with E-state index >= 15 is 0 Å². The van der Waals surface area contributed by atoms with Crippen molar-refractivity contribution >= 4 is 33.3 Å². The molecule has 4 rings (SSSR count). The number of pyridine rings is 1. The molecule has 2 N–H and O–H groups in total. The minimum atomic E-state index is -0.956. The highest BCUT2D eigenvalue weighted by molar-refractivity contribution is 7.15. The fourth-order valence-corrected chi connectivity index (χ4v) is 3.87. The van der Waals surface area contributed by atoms with Crippen LogP contribution in [-0.2, 0) is 10.4 Å². The van der Waals surface area contributed by atoms with E-state index in [1.54, 1.807) is 26.2 Å². The van der Waals surface area contributed by atoms with E-state index in [0.29, 0.717) is 18.0 Å². The first-order valence-corrected chi connectivity index (χ1v) is 9.72. The van der Waals surface area contributed by atoms with Crippen molar-refractivity contribution in [1.82, 2.24) is 9.97 Å². The monoisotopic (exact) mass is 383 g/mol. The van der Waals surface area contributed by atoms with E-state index in [1.165, 1.54) is 11.3 Å². The number of amides is 1. The van der Waals surface area contributed by atoms with Gasteiger partial charge in [-0.3, -0.25) is 9.78 Å². The van der Waals surface area contributed by atoms with Crippen LogP contribution in [0.25, 0.3) is 10.9 Å². The van der Waals surface area contributed by atoms with Crippen LogP contribution in [0.4, 0.5) is 5.13 Å². The summed E-state index contributed by atoms with van der Waals surface area (Å²) in [6.45, 7) is 3.39. The maximum absolute atomic E-state index is 12.4. The Bertz CT molecular complexity index is 969. The van der Waals surface area contributed by atoms with Gasteiger partial charge in [-0.2, -0.15) is 0 Å². The Kier molecular flexibility index (Phi) is 4.57. The first kappa shape index (κ1) is 17.9. The Labute approximate surface area is 161 Å². The van der Waals surface area contributed by atoms with Gasteiger partial charge in [0.15, 0.2) is 5.13 Å². The molecule has 0 radical (unpaired) electrons. The van der Waals surface area contributed by atoms with E-state index in [-0.39, 0.29) is 17.9 Å². The zero-order chi connectivity index (χ0) is 19.0. The smallest absolute Gasteiger partial charge is 0.229 e. The Morgan fingerprint density at radius 1 is 1.26 bits per heavy atom. The highest BCUT2D eigenvalue weighted by Gasteiger charge is 2.37. The van der Waals surface area contributed by atoms with Crippen LogP contribution in [0, 0.1) is 5.92 Å². The summed E-state index contributed by atoms with van der Waals surface area (Å²) < 4.78 is 6.05. The van der Waals surface area contributed by atoms with Gasteiger partial charge in [0.25, 0.3) is 0 Å². The molecular formula is C20H21N3O3S. The number of nitrogens with one attached hydrogen (secondary N) is 1. The van der Waals surface area contributed by atoms with E-state index in [0.717, 1.165) is 21.5 Å². The summed E-state index contributed by atoms with van der Waals surface area (Å²) in [7, 11) is 0. The van der Waals surface area contributed by atoms with Crippen LogP contribution < -0.4 is 10.1 Å². The maximum Gasteiger partial charge on any atom is 0.229 e. The lowest BCUT2D eigenvalue weighted by molar-refractivity contribution is -0.125. The minimum absolute atomic E-state index is 0.0107. The molecule has 3 aromatic rings. The predicted molar refractivity (Wildman–Crippen MR) is 105 cm³/mol. The number of hydrogen-bond donors (Lipinski definition) is 2. The zero-order valence-electron chi connectivity index (χ0n) is 15.2. The quantitative estimate of drug-likeness (QED) is 0.702. The summed E-state index contributed by atoms with van der Waals surface area (Å²) in [5.41, 5.74) is -0.113. The van der Waals surface area contributed by atoms with Crippen molar-refractivity contribution in [2.75, 3.05) is 5.32 Å². The maximum atomic E-state index is 12.4. The van der Waals surface area contributed by atoms with Crippen molar-refractivity contribution in [2.24, 2.45) is 5.92 Å². The molecule has 2 heterocycles. The van der Waals surface area contributed by atoms with Gasteiger partial charge < -0.3 is 15.2 Å². The molecule has 1 saturated carbocycles. The summed E-state index contributed by atoms with van der Waals surface area (Å²) in [5.74, 6) is 0.613. The van der Waals surface area contributed by atoms with Crippen LogP contribution in [-0.4, -0.2) is 27.1 Å². The number of hydrogen-bond acceptors (Lipinski definition) is 6. The third-order valence-electron chi connectivity index (χ3n) is 4.69. The number of thiazole rings is 1. The molecule has 6 nitrogen and oxygen atoms in total. The van der Waals surface area contributed by atoms with E-state index in [4.69, 9.17) is 4.74 Å². The highest BCUT2D eigenvalue weighted by atomic mass is 32.1. The number of carbonyl (C=O) groups is 1.